The Labute approximate surface area is 95.9 Å². The maximum absolute atomic E-state index is 6.37. The molecular formula is C13H17N3. The van der Waals surface area contributed by atoms with Crippen molar-refractivity contribution in [3.63, 3.8) is 0 Å². The molecule has 0 spiro atoms. The normalized spacial score (nSPS) is 14.8. The van der Waals surface area contributed by atoms with Gasteiger partial charge < -0.3 is 5.73 Å². The van der Waals surface area contributed by atoms with Crippen LogP contribution in [-0.2, 0) is 12.6 Å². The van der Waals surface area contributed by atoms with Crippen molar-refractivity contribution in [1.82, 2.24) is 9.78 Å². The molecule has 0 fully saturated rings. The van der Waals surface area contributed by atoms with Gasteiger partial charge in [0.15, 0.2) is 0 Å². The highest BCUT2D eigenvalue weighted by Gasteiger charge is 2.24. The second-order valence-electron chi connectivity index (χ2n) is 4.47. The Morgan fingerprint density at radius 3 is 2.31 bits per heavy atom. The Hall–Kier alpha value is -1.61. The standard InChI is InChI=1S/C13H17N3/c1-10-4-6-11(7-5-10)13(2,14)12-8-15-16(3)9-12/h4-9H,14H2,1-3H3. The van der Waals surface area contributed by atoms with Crippen molar-refractivity contribution in [3.05, 3.63) is 53.3 Å². The van der Waals surface area contributed by atoms with Crippen molar-refractivity contribution in [2.24, 2.45) is 12.8 Å². The first-order valence-corrected chi connectivity index (χ1v) is 5.35. The Balaban J connectivity index is 2.42. The van der Waals surface area contributed by atoms with Crippen LogP contribution in [0.15, 0.2) is 36.7 Å². The maximum Gasteiger partial charge on any atom is 0.0667 e. The number of hydrogen-bond acceptors (Lipinski definition) is 2. The summed E-state index contributed by atoms with van der Waals surface area (Å²) >= 11 is 0. The molecule has 16 heavy (non-hydrogen) atoms. The van der Waals surface area contributed by atoms with Crippen LogP contribution < -0.4 is 5.73 Å². The number of benzene rings is 1. The van der Waals surface area contributed by atoms with Crippen LogP contribution in [0.4, 0.5) is 0 Å². The van der Waals surface area contributed by atoms with Crippen molar-refractivity contribution < 1.29 is 0 Å². The third kappa shape index (κ3) is 1.86. The van der Waals surface area contributed by atoms with E-state index < -0.39 is 5.54 Å². The largest absolute Gasteiger partial charge is 0.318 e. The van der Waals surface area contributed by atoms with Crippen molar-refractivity contribution in [2.75, 3.05) is 0 Å². The fraction of sp³-hybridized carbons (Fsp3) is 0.308. The minimum absolute atomic E-state index is 0.484. The molecule has 2 rings (SSSR count). The summed E-state index contributed by atoms with van der Waals surface area (Å²) in [7, 11) is 1.90. The van der Waals surface area contributed by atoms with E-state index in [1.807, 2.05) is 26.4 Å². The summed E-state index contributed by atoms with van der Waals surface area (Å²) in [5.41, 5.74) is 9.26. The fourth-order valence-electron chi connectivity index (χ4n) is 1.76. The summed E-state index contributed by atoms with van der Waals surface area (Å²) < 4.78 is 1.77. The van der Waals surface area contributed by atoms with E-state index in [4.69, 9.17) is 5.73 Å². The lowest BCUT2D eigenvalue weighted by Gasteiger charge is -2.24. The number of nitrogens with zero attached hydrogens (tertiary/aromatic N) is 2. The fourth-order valence-corrected chi connectivity index (χ4v) is 1.76. The molecule has 2 aromatic rings. The molecule has 1 aromatic carbocycles. The van der Waals surface area contributed by atoms with Gasteiger partial charge in [-0.25, -0.2) is 0 Å². The van der Waals surface area contributed by atoms with E-state index in [0.717, 1.165) is 11.1 Å². The Kier molecular flexibility index (Phi) is 2.56. The molecule has 1 unspecified atom stereocenters. The maximum atomic E-state index is 6.37. The van der Waals surface area contributed by atoms with E-state index in [1.54, 1.807) is 4.68 Å². The number of aromatic nitrogens is 2. The summed E-state index contributed by atoms with van der Waals surface area (Å²) in [6.45, 7) is 4.08. The van der Waals surface area contributed by atoms with Gasteiger partial charge in [0, 0.05) is 18.8 Å². The van der Waals surface area contributed by atoms with Crippen molar-refractivity contribution in [3.8, 4) is 0 Å². The van der Waals surface area contributed by atoms with Gasteiger partial charge in [0.05, 0.1) is 11.7 Å². The molecule has 3 heteroatoms. The van der Waals surface area contributed by atoms with Crippen molar-refractivity contribution >= 4 is 0 Å². The van der Waals surface area contributed by atoms with Gasteiger partial charge in [0.25, 0.3) is 0 Å². The molecule has 1 atom stereocenters. The second-order valence-corrected chi connectivity index (χ2v) is 4.47. The molecule has 0 radical (unpaired) electrons. The van der Waals surface area contributed by atoms with Gasteiger partial charge in [-0.05, 0) is 19.4 Å². The lowest BCUT2D eigenvalue weighted by atomic mass is 9.87. The molecule has 1 aromatic heterocycles. The molecule has 1 heterocycles. The van der Waals surface area contributed by atoms with E-state index >= 15 is 0 Å². The van der Waals surface area contributed by atoms with Crippen LogP contribution in [0.1, 0.15) is 23.6 Å². The number of hydrogen-bond donors (Lipinski definition) is 1. The Morgan fingerprint density at radius 2 is 1.81 bits per heavy atom. The van der Waals surface area contributed by atoms with Crippen LogP contribution >= 0.6 is 0 Å². The van der Waals surface area contributed by atoms with Crippen LogP contribution in [0.5, 0.6) is 0 Å². The van der Waals surface area contributed by atoms with E-state index in [9.17, 15) is 0 Å². The summed E-state index contributed by atoms with van der Waals surface area (Å²) in [4.78, 5) is 0. The molecule has 0 saturated carbocycles. The highest BCUT2D eigenvalue weighted by molar-refractivity contribution is 5.35. The van der Waals surface area contributed by atoms with Crippen molar-refractivity contribution in [2.45, 2.75) is 19.4 Å². The van der Waals surface area contributed by atoms with Gasteiger partial charge in [-0.3, -0.25) is 4.68 Å². The first kappa shape index (κ1) is 10.9. The number of nitrogens with two attached hydrogens (primary N) is 1. The van der Waals surface area contributed by atoms with Gasteiger partial charge in [-0.15, -0.1) is 0 Å². The number of rotatable bonds is 2. The van der Waals surface area contributed by atoms with Crippen LogP contribution in [0.2, 0.25) is 0 Å². The zero-order valence-electron chi connectivity index (χ0n) is 9.94. The van der Waals surface area contributed by atoms with E-state index in [-0.39, 0.29) is 0 Å². The monoisotopic (exact) mass is 215 g/mol. The summed E-state index contributed by atoms with van der Waals surface area (Å²) in [6.07, 6.45) is 3.78. The number of aryl methyl sites for hydroxylation is 2. The van der Waals surface area contributed by atoms with Gasteiger partial charge in [-0.1, -0.05) is 29.8 Å². The molecule has 0 aliphatic heterocycles. The molecule has 0 aliphatic carbocycles. The van der Waals surface area contributed by atoms with Gasteiger partial charge in [0.1, 0.15) is 0 Å². The SMILES string of the molecule is Cc1ccc(C(C)(N)c2cnn(C)c2)cc1. The molecule has 3 nitrogen and oxygen atoms in total. The smallest absolute Gasteiger partial charge is 0.0667 e. The summed E-state index contributed by atoms with van der Waals surface area (Å²) in [6, 6.07) is 8.30. The first-order chi connectivity index (χ1) is 7.50. The van der Waals surface area contributed by atoms with E-state index in [0.29, 0.717) is 0 Å². The zero-order chi connectivity index (χ0) is 11.8. The third-order valence-electron chi connectivity index (χ3n) is 2.96. The van der Waals surface area contributed by atoms with Gasteiger partial charge in [0.2, 0.25) is 0 Å². The van der Waals surface area contributed by atoms with Crippen molar-refractivity contribution in [1.29, 1.82) is 0 Å². The van der Waals surface area contributed by atoms with Crippen LogP contribution in [-0.4, -0.2) is 9.78 Å². The second kappa shape index (κ2) is 3.76. The third-order valence-corrected chi connectivity index (χ3v) is 2.96. The average molecular weight is 215 g/mol. The molecule has 2 N–H and O–H groups in total. The highest BCUT2D eigenvalue weighted by atomic mass is 15.2. The van der Waals surface area contributed by atoms with Crippen LogP contribution in [0.25, 0.3) is 0 Å². The minimum atomic E-state index is -0.484. The first-order valence-electron chi connectivity index (χ1n) is 5.35. The molecular weight excluding hydrogens is 198 g/mol. The topological polar surface area (TPSA) is 43.8 Å². The van der Waals surface area contributed by atoms with E-state index in [2.05, 4.69) is 36.3 Å². The predicted octanol–water partition coefficient (Wildman–Crippen LogP) is 1.95. The predicted molar refractivity (Wildman–Crippen MR) is 65.0 cm³/mol. The highest BCUT2D eigenvalue weighted by Crippen LogP contribution is 2.25. The lowest BCUT2D eigenvalue weighted by molar-refractivity contribution is 0.602. The van der Waals surface area contributed by atoms with Crippen LogP contribution in [0, 0.1) is 6.92 Å². The van der Waals surface area contributed by atoms with Crippen LogP contribution in [0.3, 0.4) is 0 Å². The Bertz CT molecular complexity index is 480. The summed E-state index contributed by atoms with van der Waals surface area (Å²) in [5.74, 6) is 0. The molecule has 0 bridgehead atoms. The quantitative estimate of drug-likeness (QED) is 0.832. The van der Waals surface area contributed by atoms with E-state index in [1.165, 1.54) is 5.56 Å². The molecule has 84 valence electrons. The molecule has 0 amide bonds. The molecule has 0 aliphatic rings. The summed E-state index contributed by atoms with van der Waals surface area (Å²) in [5, 5.41) is 4.16. The minimum Gasteiger partial charge on any atom is -0.318 e. The van der Waals surface area contributed by atoms with Gasteiger partial charge >= 0.3 is 0 Å². The Morgan fingerprint density at radius 1 is 1.19 bits per heavy atom. The van der Waals surface area contributed by atoms with Gasteiger partial charge in [-0.2, -0.15) is 5.10 Å². The average Bonchev–Trinajstić information content (AvgIpc) is 2.66. The molecule has 0 saturated heterocycles. The lowest BCUT2D eigenvalue weighted by Crippen LogP contribution is -2.33. The zero-order valence-corrected chi connectivity index (χ0v) is 9.94.